The van der Waals surface area contributed by atoms with Crippen LogP contribution in [-0.4, -0.2) is 47.9 Å². The van der Waals surface area contributed by atoms with Crippen LogP contribution in [-0.2, 0) is 10.0 Å². The quantitative estimate of drug-likeness (QED) is 0.713. The summed E-state index contributed by atoms with van der Waals surface area (Å²) >= 11 is 0. The summed E-state index contributed by atoms with van der Waals surface area (Å²) in [5.74, 6) is 0.911. The molecule has 0 aliphatic heterocycles. The Morgan fingerprint density at radius 2 is 1.86 bits per heavy atom. The summed E-state index contributed by atoms with van der Waals surface area (Å²) in [5.41, 5.74) is 0.514. The van der Waals surface area contributed by atoms with Crippen molar-refractivity contribution in [1.29, 1.82) is 0 Å². The third kappa shape index (κ3) is 4.44. The van der Waals surface area contributed by atoms with Crippen LogP contribution in [0.25, 0.3) is 5.69 Å². The number of hydrogen-bond acceptors (Lipinski definition) is 7. The minimum Gasteiger partial charge on any atom is -0.492 e. The zero-order chi connectivity index (χ0) is 20.1. The highest BCUT2D eigenvalue weighted by atomic mass is 32.2. The summed E-state index contributed by atoms with van der Waals surface area (Å²) in [4.78, 5) is 0.0624. The van der Waals surface area contributed by atoms with Crippen LogP contribution in [0, 0.1) is 5.92 Å². The molecular formula is C18H27N5O4S. The van der Waals surface area contributed by atoms with Crippen LogP contribution in [0.4, 0.5) is 0 Å². The lowest BCUT2D eigenvalue weighted by Crippen LogP contribution is -2.41. The molecule has 0 amide bonds. The van der Waals surface area contributed by atoms with E-state index >= 15 is 0 Å². The molecule has 1 heterocycles. The first-order valence-electron chi connectivity index (χ1n) is 9.65. The number of aromatic nitrogens is 4. The Morgan fingerprint density at radius 3 is 2.50 bits per heavy atom. The van der Waals surface area contributed by atoms with E-state index in [9.17, 15) is 8.42 Å². The van der Waals surface area contributed by atoms with Gasteiger partial charge in [0.15, 0.2) is 0 Å². The van der Waals surface area contributed by atoms with Gasteiger partial charge in [-0.05, 0) is 43.0 Å². The van der Waals surface area contributed by atoms with E-state index in [1.807, 2.05) is 6.92 Å². The molecule has 1 N–H and O–H groups in total. The van der Waals surface area contributed by atoms with E-state index in [0.717, 1.165) is 25.7 Å². The molecule has 1 aliphatic rings. The standard InChI is InChI=1S/C18H27N5O4S/c1-4-26-16-11-18(28(24,25)20-14-9-7-6-8-13(14)3)17(27-5-2)10-15(16)23-12-19-21-22-23/h10-14,20H,4-9H2,1-3H3/t13-,14+/m1/s1. The molecule has 9 nitrogen and oxygen atoms in total. The molecule has 0 bridgehead atoms. The number of sulfonamides is 1. The topological polar surface area (TPSA) is 108 Å². The number of nitrogens with one attached hydrogen (secondary N) is 1. The molecule has 10 heteroatoms. The summed E-state index contributed by atoms with van der Waals surface area (Å²) in [7, 11) is -3.79. The molecule has 2 aromatic rings. The van der Waals surface area contributed by atoms with Gasteiger partial charge in [-0.2, -0.15) is 4.68 Å². The van der Waals surface area contributed by atoms with Crippen LogP contribution in [0.2, 0.25) is 0 Å². The molecule has 0 radical (unpaired) electrons. The second kappa shape index (κ2) is 8.87. The second-order valence-electron chi connectivity index (χ2n) is 6.88. The highest BCUT2D eigenvalue weighted by Gasteiger charge is 2.30. The Morgan fingerprint density at radius 1 is 1.14 bits per heavy atom. The normalized spacial score (nSPS) is 20.1. The summed E-state index contributed by atoms with van der Waals surface area (Å²) in [6.07, 6.45) is 5.44. The van der Waals surface area contributed by atoms with Crippen LogP contribution >= 0.6 is 0 Å². The highest BCUT2D eigenvalue weighted by molar-refractivity contribution is 7.89. The van der Waals surface area contributed by atoms with E-state index in [1.54, 1.807) is 13.0 Å². The molecule has 3 rings (SSSR count). The minimum atomic E-state index is -3.79. The van der Waals surface area contributed by atoms with Gasteiger partial charge in [-0.3, -0.25) is 0 Å². The molecule has 0 saturated heterocycles. The second-order valence-corrected chi connectivity index (χ2v) is 8.56. The molecular weight excluding hydrogens is 382 g/mol. The first-order chi connectivity index (χ1) is 13.5. The number of benzene rings is 1. The van der Waals surface area contributed by atoms with Crippen LogP contribution in [0.1, 0.15) is 46.5 Å². The van der Waals surface area contributed by atoms with Crippen molar-refractivity contribution in [3.8, 4) is 17.2 Å². The van der Waals surface area contributed by atoms with Crippen molar-refractivity contribution < 1.29 is 17.9 Å². The van der Waals surface area contributed by atoms with Crippen molar-refractivity contribution in [2.45, 2.75) is 57.4 Å². The van der Waals surface area contributed by atoms with Gasteiger partial charge in [0.1, 0.15) is 28.4 Å². The molecule has 2 atom stereocenters. The molecule has 0 unspecified atom stereocenters. The van der Waals surface area contributed by atoms with Crippen molar-refractivity contribution in [2.75, 3.05) is 13.2 Å². The van der Waals surface area contributed by atoms with Gasteiger partial charge < -0.3 is 9.47 Å². The van der Waals surface area contributed by atoms with Crippen molar-refractivity contribution in [2.24, 2.45) is 5.92 Å². The van der Waals surface area contributed by atoms with Crippen LogP contribution in [0.15, 0.2) is 23.4 Å². The van der Waals surface area contributed by atoms with Gasteiger partial charge in [0.05, 0.1) is 13.2 Å². The maximum atomic E-state index is 13.2. The number of ether oxygens (including phenoxy) is 2. The van der Waals surface area contributed by atoms with Crippen LogP contribution in [0.5, 0.6) is 11.5 Å². The average Bonchev–Trinajstić information content (AvgIpc) is 3.19. The third-order valence-corrected chi connectivity index (χ3v) is 6.44. The first-order valence-corrected chi connectivity index (χ1v) is 11.1. The minimum absolute atomic E-state index is 0.0624. The third-order valence-electron chi connectivity index (χ3n) is 4.93. The lowest BCUT2D eigenvalue weighted by molar-refractivity contribution is 0.307. The molecule has 28 heavy (non-hydrogen) atoms. The molecule has 1 aromatic heterocycles. The smallest absolute Gasteiger partial charge is 0.244 e. The van der Waals surface area contributed by atoms with Gasteiger partial charge in [0.2, 0.25) is 10.0 Å². The SMILES string of the molecule is CCOc1cc(S(=O)(=O)N[C@H]2CCCC[C@H]2C)c(OCC)cc1-n1cnnn1. The van der Waals surface area contributed by atoms with Gasteiger partial charge in [0, 0.05) is 18.2 Å². The Kier molecular flexibility index (Phi) is 6.50. The number of hydrogen-bond donors (Lipinski definition) is 1. The molecule has 1 aromatic carbocycles. The lowest BCUT2D eigenvalue weighted by atomic mass is 9.87. The zero-order valence-corrected chi connectivity index (χ0v) is 17.3. The molecule has 154 valence electrons. The predicted molar refractivity (Wildman–Crippen MR) is 103 cm³/mol. The molecule has 1 saturated carbocycles. The molecule has 1 aliphatic carbocycles. The first kappa shape index (κ1) is 20.5. The van der Waals surface area contributed by atoms with Gasteiger partial charge >= 0.3 is 0 Å². The number of tetrazole rings is 1. The monoisotopic (exact) mass is 409 g/mol. The van der Waals surface area contributed by atoms with Crippen LogP contribution < -0.4 is 14.2 Å². The van der Waals surface area contributed by atoms with Crippen molar-refractivity contribution in [3.63, 3.8) is 0 Å². The number of nitrogens with zero attached hydrogens (tertiary/aromatic N) is 4. The van der Waals surface area contributed by atoms with E-state index in [4.69, 9.17) is 9.47 Å². The van der Waals surface area contributed by atoms with E-state index in [-0.39, 0.29) is 16.7 Å². The molecule has 0 spiro atoms. The largest absolute Gasteiger partial charge is 0.492 e. The van der Waals surface area contributed by atoms with Crippen molar-refractivity contribution in [3.05, 3.63) is 18.5 Å². The zero-order valence-electron chi connectivity index (χ0n) is 16.5. The summed E-state index contributed by atoms with van der Waals surface area (Å²) in [6.45, 7) is 6.42. The van der Waals surface area contributed by atoms with Crippen molar-refractivity contribution >= 4 is 10.0 Å². The Hall–Kier alpha value is -2.20. The Balaban J connectivity index is 2.03. The van der Waals surface area contributed by atoms with E-state index in [0.29, 0.717) is 30.6 Å². The van der Waals surface area contributed by atoms with Gasteiger partial charge in [-0.15, -0.1) is 5.10 Å². The van der Waals surface area contributed by atoms with E-state index < -0.39 is 10.0 Å². The average molecular weight is 410 g/mol. The fourth-order valence-corrected chi connectivity index (χ4v) is 5.01. The summed E-state index contributed by atoms with van der Waals surface area (Å²) in [5, 5.41) is 11.2. The van der Waals surface area contributed by atoms with Gasteiger partial charge in [-0.1, -0.05) is 19.8 Å². The Bertz CT molecular complexity index is 886. The van der Waals surface area contributed by atoms with Gasteiger partial charge in [-0.25, -0.2) is 13.1 Å². The number of rotatable bonds is 8. The van der Waals surface area contributed by atoms with E-state index in [2.05, 4.69) is 27.2 Å². The van der Waals surface area contributed by atoms with Crippen LogP contribution in [0.3, 0.4) is 0 Å². The Labute approximate surface area is 165 Å². The van der Waals surface area contributed by atoms with Crippen molar-refractivity contribution in [1.82, 2.24) is 24.9 Å². The summed E-state index contributed by atoms with van der Waals surface area (Å²) < 4.78 is 42.0. The fourth-order valence-electron chi connectivity index (χ4n) is 3.48. The summed E-state index contributed by atoms with van der Waals surface area (Å²) in [6, 6.07) is 3.01. The van der Waals surface area contributed by atoms with Gasteiger partial charge in [0.25, 0.3) is 0 Å². The fraction of sp³-hybridized carbons (Fsp3) is 0.611. The maximum Gasteiger partial charge on any atom is 0.244 e. The molecule has 1 fully saturated rings. The predicted octanol–water partition coefficient (Wildman–Crippen LogP) is 2.32. The lowest BCUT2D eigenvalue weighted by Gasteiger charge is -2.29. The highest BCUT2D eigenvalue weighted by Crippen LogP contribution is 2.35. The van der Waals surface area contributed by atoms with E-state index in [1.165, 1.54) is 17.1 Å². The maximum absolute atomic E-state index is 13.2.